The normalized spacial score (nSPS) is 10.5. The second kappa shape index (κ2) is 7.31. The summed E-state index contributed by atoms with van der Waals surface area (Å²) >= 11 is 11.8. The van der Waals surface area contributed by atoms with Crippen molar-refractivity contribution in [2.75, 3.05) is 11.2 Å². The molecular weight excluding hydrogens is 297 g/mol. The molecule has 1 amide bonds. The van der Waals surface area contributed by atoms with Crippen LogP contribution in [0.2, 0.25) is 5.02 Å². The van der Waals surface area contributed by atoms with E-state index in [9.17, 15) is 4.79 Å². The summed E-state index contributed by atoms with van der Waals surface area (Å²) in [5.74, 6) is 0.531. The van der Waals surface area contributed by atoms with E-state index in [1.54, 1.807) is 35.4 Å². The fourth-order valence-corrected chi connectivity index (χ4v) is 2.32. The molecule has 0 fully saturated rings. The van der Waals surface area contributed by atoms with Gasteiger partial charge in [0.2, 0.25) is 5.91 Å². The molecule has 0 saturated heterocycles. The van der Waals surface area contributed by atoms with Gasteiger partial charge in [0.15, 0.2) is 0 Å². The third kappa shape index (κ3) is 3.74. The van der Waals surface area contributed by atoms with Crippen LogP contribution in [0.3, 0.4) is 0 Å². The zero-order chi connectivity index (χ0) is 14.4. The van der Waals surface area contributed by atoms with Gasteiger partial charge in [0.05, 0.1) is 22.7 Å². The molecule has 0 aliphatic heterocycles. The van der Waals surface area contributed by atoms with Crippen LogP contribution in [0.4, 0.5) is 5.69 Å². The molecule has 0 spiro atoms. The Bertz CT molecular complexity index is 570. The number of nitrogens with zero attached hydrogens (tertiary/aromatic N) is 2. The number of amides is 1. The first-order valence-electron chi connectivity index (χ1n) is 6.35. The van der Waals surface area contributed by atoms with Crippen LogP contribution in [0.15, 0.2) is 36.9 Å². The number of benzene rings is 1. The van der Waals surface area contributed by atoms with Crippen molar-refractivity contribution >= 4 is 34.8 Å². The molecule has 0 aliphatic rings. The lowest BCUT2D eigenvalue weighted by molar-refractivity contribution is -0.116. The third-order valence-electron chi connectivity index (χ3n) is 2.81. The summed E-state index contributed by atoms with van der Waals surface area (Å²) in [5.41, 5.74) is 1.39. The third-order valence-corrected chi connectivity index (χ3v) is 3.38. The summed E-state index contributed by atoms with van der Waals surface area (Å²) < 4.78 is 1.77. The van der Waals surface area contributed by atoms with Crippen LogP contribution in [0.25, 0.3) is 5.69 Å². The van der Waals surface area contributed by atoms with Gasteiger partial charge in [-0.3, -0.25) is 4.79 Å². The number of hydrogen-bond donors (Lipinski definition) is 1. The number of para-hydroxylation sites is 1. The molecule has 1 heterocycles. The Morgan fingerprint density at radius 2 is 2.20 bits per heavy atom. The standard InChI is InChI=1S/C14H15Cl2N3O/c15-7-2-1-6-13(20)18-12-5-3-4-11(16)14(12)19-9-8-17-10-19/h3-5,8-10H,1-2,6-7H2,(H,18,20). The molecule has 2 rings (SSSR count). The zero-order valence-corrected chi connectivity index (χ0v) is 12.4. The largest absolute Gasteiger partial charge is 0.324 e. The van der Waals surface area contributed by atoms with Gasteiger partial charge in [-0.25, -0.2) is 4.98 Å². The number of carbonyl (C=O) groups is 1. The summed E-state index contributed by atoms with van der Waals surface area (Å²) in [4.78, 5) is 15.9. The molecule has 2 aromatic rings. The van der Waals surface area contributed by atoms with Crippen molar-refractivity contribution in [3.63, 3.8) is 0 Å². The predicted molar refractivity (Wildman–Crippen MR) is 81.8 cm³/mol. The van der Waals surface area contributed by atoms with E-state index in [0.29, 0.717) is 23.0 Å². The number of aromatic nitrogens is 2. The van der Waals surface area contributed by atoms with E-state index in [1.165, 1.54) is 0 Å². The molecule has 106 valence electrons. The maximum atomic E-state index is 11.9. The highest BCUT2D eigenvalue weighted by molar-refractivity contribution is 6.33. The van der Waals surface area contributed by atoms with E-state index in [4.69, 9.17) is 23.2 Å². The Kier molecular flexibility index (Phi) is 5.44. The van der Waals surface area contributed by atoms with E-state index >= 15 is 0 Å². The predicted octanol–water partition coefficient (Wildman–Crippen LogP) is 3.87. The molecule has 4 nitrogen and oxygen atoms in total. The van der Waals surface area contributed by atoms with E-state index < -0.39 is 0 Å². The van der Waals surface area contributed by atoms with Crippen LogP contribution in [0.1, 0.15) is 19.3 Å². The summed E-state index contributed by atoms with van der Waals surface area (Å²) in [5, 5.41) is 3.44. The number of unbranched alkanes of at least 4 members (excludes halogenated alkanes) is 1. The highest BCUT2D eigenvalue weighted by atomic mass is 35.5. The minimum Gasteiger partial charge on any atom is -0.324 e. The van der Waals surface area contributed by atoms with Crippen molar-refractivity contribution < 1.29 is 4.79 Å². The highest BCUT2D eigenvalue weighted by Crippen LogP contribution is 2.28. The Labute approximate surface area is 127 Å². The number of imidazole rings is 1. The van der Waals surface area contributed by atoms with E-state index in [2.05, 4.69) is 10.3 Å². The summed E-state index contributed by atoms with van der Waals surface area (Å²) in [6.07, 6.45) is 7.14. The van der Waals surface area contributed by atoms with Gasteiger partial charge in [-0.1, -0.05) is 17.7 Å². The quantitative estimate of drug-likeness (QED) is 0.650. The number of halogens is 2. The van der Waals surface area contributed by atoms with Crippen LogP contribution in [0, 0.1) is 0 Å². The van der Waals surface area contributed by atoms with Crippen LogP contribution in [-0.4, -0.2) is 21.3 Å². The lowest BCUT2D eigenvalue weighted by Gasteiger charge is -2.13. The van der Waals surface area contributed by atoms with E-state index in [1.807, 2.05) is 6.07 Å². The lowest BCUT2D eigenvalue weighted by Crippen LogP contribution is -2.13. The molecular formula is C14H15Cl2N3O. The molecule has 0 aliphatic carbocycles. The maximum Gasteiger partial charge on any atom is 0.224 e. The van der Waals surface area contributed by atoms with Crippen LogP contribution in [-0.2, 0) is 4.79 Å². The minimum absolute atomic E-state index is 0.0428. The van der Waals surface area contributed by atoms with Gasteiger partial charge in [0, 0.05) is 24.7 Å². The number of alkyl halides is 1. The Morgan fingerprint density at radius 1 is 1.35 bits per heavy atom. The van der Waals surface area contributed by atoms with Crippen molar-refractivity contribution in [2.24, 2.45) is 0 Å². The molecule has 0 radical (unpaired) electrons. The molecule has 0 atom stereocenters. The molecule has 1 aromatic heterocycles. The van der Waals surface area contributed by atoms with Gasteiger partial charge in [-0.2, -0.15) is 0 Å². The van der Waals surface area contributed by atoms with Gasteiger partial charge < -0.3 is 9.88 Å². The van der Waals surface area contributed by atoms with Crippen LogP contribution < -0.4 is 5.32 Å². The number of carbonyl (C=O) groups excluding carboxylic acids is 1. The van der Waals surface area contributed by atoms with Crippen molar-refractivity contribution in [1.82, 2.24) is 9.55 Å². The van der Waals surface area contributed by atoms with Gasteiger partial charge in [-0.05, 0) is 25.0 Å². The number of hydrogen-bond acceptors (Lipinski definition) is 2. The average molecular weight is 312 g/mol. The number of nitrogens with one attached hydrogen (secondary N) is 1. The lowest BCUT2D eigenvalue weighted by atomic mass is 10.2. The summed E-state index contributed by atoms with van der Waals surface area (Å²) in [6, 6.07) is 5.40. The van der Waals surface area contributed by atoms with Crippen LogP contribution >= 0.6 is 23.2 Å². The second-order valence-corrected chi connectivity index (χ2v) is 5.09. The maximum absolute atomic E-state index is 11.9. The van der Waals surface area contributed by atoms with Gasteiger partial charge >= 0.3 is 0 Å². The molecule has 0 unspecified atom stereocenters. The van der Waals surface area contributed by atoms with Gasteiger partial charge in [0.1, 0.15) is 0 Å². The smallest absolute Gasteiger partial charge is 0.224 e. The van der Waals surface area contributed by atoms with Crippen molar-refractivity contribution in [3.8, 4) is 5.69 Å². The zero-order valence-electron chi connectivity index (χ0n) is 10.9. The van der Waals surface area contributed by atoms with Crippen molar-refractivity contribution in [1.29, 1.82) is 0 Å². The summed E-state index contributed by atoms with van der Waals surface area (Å²) in [7, 11) is 0. The fourth-order valence-electron chi connectivity index (χ4n) is 1.86. The average Bonchev–Trinajstić information content (AvgIpc) is 2.93. The molecule has 1 N–H and O–H groups in total. The monoisotopic (exact) mass is 311 g/mol. The van der Waals surface area contributed by atoms with E-state index in [0.717, 1.165) is 18.5 Å². The van der Waals surface area contributed by atoms with E-state index in [-0.39, 0.29) is 5.91 Å². The van der Waals surface area contributed by atoms with Crippen molar-refractivity contribution in [3.05, 3.63) is 41.9 Å². The van der Waals surface area contributed by atoms with Crippen LogP contribution in [0.5, 0.6) is 0 Å². The first kappa shape index (κ1) is 14.9. The van der Waals surface area contributed by atoms with Gasteiger partial charge in [0.25, 0.3) is 0 Å². The molecule has 20 heavy (non-hydrogen) atoms. The topological polar surface area (TPSA) is 46.9 Å². The number of rotatable bonds is 6. The summed E-state index contributed by atoms with van der Waals surface area (Å²) in [6.45, 7) is 0. The first-order valence-corrected chi connectivity index (χ1v) is 7.26. The number of anilines is 1. The Hall–Kier alpha value is -1.52. The van der Waals surface area contributed by atoms with Crippen molar-refractivity contribution in [2.45, 2.75) is 19.3 Å². The molecule has 0 bridgehead atoms. The second-order valence-electron chi connectivity index (χ2n) is 4.30. The molecule has 1 aromatic carbocycles. The SMILES string of the molecule is O=C(CCCCCl)Nc1cccc(Cl)c1-n1ccnc1. The Balaban J connectivity index is 2.16. The first-order chi connectivity index (χ1) is 9.72. The molecule has 0 saturated carbocycles. The van der Waals surface area contributed by atoms with Gasteiger partial charge in [-0.15, -0.1) is 11.6 Å². The minimum atomic E-state index is -0.0428. The molecule has 6 heteroatoms. The fraction of sp³-hybridized carbons (Fsp3) is 0.286. The Morgan fingerprint density at radius 3 is 2.90 bits per heavy atom. The highest BCUT2D eigenvalue weighted by Gasteiger charge is 2.11.